The van der Waals surface area contributed by atoms with Crippen molar-refractivity contribution in [3.8, 4) is 0 Å². The van der Waals surface area contributed by atoms with Crippen LogP contribution in [0.3, 0.4) is 0 Å². The van der Waals surface area contributed by atoms with Gasteiger partial charge in [-0.2, -0.15) is 13.2 Å². The highest BCUT2D eigenvalue weighted by Gasteiger charge is 2.29. The number of anilines is 1. The van der Waals surface area contributed by atoms with Crippen LogP contribution in [0.25, 0.3) is 0 Å². The molecule has 7 heteroatoms. The second-order valence-corrected chi connectivity index (χ2v) is 4.44. The van der Waals surface area contributed by atoms with Gasteiger partial charge in [-0.05, 0) is 47.2 Å². The van der Waals surface area contributed by atoms with Crippen molar-refractivity contribution in [1.29, 1.82) is 0 Å². The van der Waals surface area contributed by atoms with Crippen LogP contribution >= 0.6 is 22.6 Å². The Balaban J connectivity index is 2.54. The molecule has 1 amide bonds. The van der Waals surface area contributed by atoms with E-state index < -0.39 is 18.9 Å². The minimum Gasteiger partial charge on any atom is -0.440 e. The van der Waals surface area contributed by atoms with Crippen LogP contribution in [0.2, 0.25) is 0 Å². The summed E-state index contributed by atoms with van der Waals surface area (Å²) in [5.74, 6) is 0. The second-order valence-electron chi connectivity index (χ2n) is 3.28. The van der Waals surface area contributed by atoms with Gasteiger partial charge in [-0.15, -0.1) is 0 Å². The van der Waals surface area contributed by atoms with Crippen molar-refractivity contribution >= 4 is 34.4 Å². The number of hydrogen-bond donors (Lipinski definition) is 1. The lowest BCUT2D eigenvalue weighted by Gasteiger charge is -2.09. The first-order valence-corrected chi connectivity index (χ1v) is 5.62. The Labute approximate surface area is 109 Å². The molecule has 1 aromatic carbocycles. The number of benzene rings is 1. The quantitative estimate of drug-likeness (QED) is 0.818. The van der Waals surface area contributed by atoms with Crippen molar-refractivity contribution in [3.05, 3.63) is 27.3 Å². The van der Waals surface area contributed by atoms with Gasteiger partial charge in [0, 0.05) is 9.26 Å². The number of amides is 1. The minimum atomic E-state index is -4.51. The van der Waals surface area contributed by atoms with E-state index in [9.17, 15) is 18.0 Å². The zero-order valence-corrected chi connectivity index (χ0v) is 10.9. The molecule has 0 spiro atoms. The summed E-state index contributed by atoms with van der Waals surface area (Å²) >= 11 is 2.06. The Morgan fingerprint density at radius 2 is 2.12 bits per heavy atom. The van der Waals surface area contributed by atoms with Gasteiger partial charge in [-0.3, -0.25) is 5.32 Å². The monoisotopic (exact) mass is 359 g/mol. The molecule has 0 bridgehead atoms. The van der Waals surface area contributed by atoms with E-state index in [4.69, 9.17) is 0 Å². The Morgan fingerprint density at radius 1 is 1.47 bits per heavy atom. The number of nitrogens with one attached hydrogen (secondary N) is 1. The maximum Gasteiger partial charge on any atom is 0.422 e. The standard InChI is InChI=1S/C10H9F3INO2/c1-6-2-3-7(4-8(6)14)15-9(16)17-5-10(11,12)13/h2-4H,5H2,1H3,(H,15,16). The highest BCUT2D eigenvalue weighted by Crippen LogP contribution is 2.18. The fourth-order valence-corrected chi connectivity index (χ4v) is 1.49. The molecule has 0 heterocycles. The summed E-state index contributed by atoms with van der Waals surface area (Å²) in [5, 5.41) is 2.22. The number of carbonyl (C=O) groups is 1. The summed E-state index contributed by atoms with van der Waals surface area (Å²) in [6.45, 7) is 0.287. The number of rotatable bonds is 2. The van der Waals surface area contributed by atoms with Crippen molar-refractivity contribution in [2.75, 3.05) is 11.9 Å². The van der Waals surface area contributed by atoms with Crippen molar-refractivity contribution in [2.45, 2.75) is 13.1 Å². The van der Waals surface area contributed by atoms with Crippen molar-refractivity contribution in [3.63, 3.8) is 0 Å². The first-order chi connectivity index (χ1) is 7.78. The average Bonchev–Trinajstić information content (AvgIpc) is 2.20. The maximum absolute atomic E-state index is 11.8. The lowest BCUT2D eigenvalue weighted by Crippen LogP contribution is -2.23. The van der Waals surface area contributed by atoms with Crippen molar-refractivity contribution < 1.29 is 22.7 Å². The van der Waals surface area contributed by atoms with Crippen LogP contribution in [0.4, 0.5) is 23.7 Å². The van der Waals surface area contributed by atoms with E-state index in [-0.39, 0.29) is 0 Å². The summed E-state index contributed by atoms with van der Waals surface area (Å²) < 4.78 is 40.2. The number of carbonyl (C=O) groups excluding carboxylic acids is 1. The fraction of sp³-hybridized carbons (Fsp3) is 0.300. The van der Waals surface area contributed by atoms with E-state index >= 15 is 0 Å². The zero-order valence-electron chi connectivity index (χ0n) is 8.77. The highest BCUT2D eigenvalue weighted by molar-refractivity contribution is 14.1. The fourth-order valence-electron chi connectivity index (χ4n) is 0.972. The first kappa shape index (κ1) is 14.1. The normalized spacial score (nSPS) is 11.1. The van der Waals surface area contributed by atoms with E-state index in [1.807, 2.05) is 6.92 Å². The predicted molar refractivity (Wildman–Crippen MR) is 64.9 cm³/mol. The molecule has 0 aliphatic rings. The van der Waals surface area contributed by atoms with Gasteiger partial charge in [0.25, 0.3) is 0 Å². The molecule has 0 aromatic heterocycles. The number of hydrogen-bond acceptors (Lipinski definition) is 2. The molecule has 1 aromatic rings. The van der Waals surface area contributed by atoms with Crippen LogP contribution in [-0.2, 0) is 4.74 Å². The lowest BCUT2D eigenvalue weighted by molar-refractivity contribution is -0.159. The molecule has 1 N–H and O–H groups in total. The molecule has 0 radical (unpaired) electrons. The molecule has 0 aliphatic carbocycles. The molecule has 0 saturated heterocycles. The van der Waals surface area contributed by atoms with Gasteiger partial charge in [0.05, 0.1) is 0 Å². The molecule has 0 aliphatic heterocycles. The lowest BCUT2D eigenvalue weighted by atomic mass is 10.2. The summed E-state index contributed by atoms with van der Waals surface area (Å²) in [7, 11) is 0. The van der Waals surface area contributed by atoms with Crippen molar-refractivity contribution in [1.82, 2.24) is 0 Å². The molecule has 1 rings (SSSR count). The third kappa shape index (κ3) is 5.24. The van der Waals surface area contributed by atoms with Gasteiger partial charge >= 0.3 is 12.3 Å². The number of alkyl halides is 3. The summed E-state index contributed by atoms with van der Waals surface area (Å²) in [5.41, 5.74) is 1.41. The van der Waals surface area contributed by atoms with E-state index in [1.54, 1.807) is 18.2 Å². The Kier molecular flexibility index (Phi) is 4.61. The Hall–Kier alpha value is -0.990. The highest BCUT2D eigenvalue weighted by atomic mass is 127. The Morgan fingerprint density at radius 3 is 2.65 bits per heavy atom. The van der Waals surface area contributed by atoms with Crippen LogP contribution in [-0.4, -0.2) is 18.9 Å². The zero-order chi connectivity index (χ0) is 13.1. The molecule has 3 nitrogen and oxygen atoms in total. The average molecular weight is 359 g/mol. The van der Waals surface area contributed by atoms with E-state index in [0.29, 0.717) is 5.69 Å². The summed E-state index contributed by atoms with van der Waals surface area (Å²) in [4.78, 5) is 11.0. The largest absolute Gasteiger partial charge is 0.440 e. The number of ether oxygens (including phenoxy) is 1. The molecular formula is C10H9F3INO2. The SMILES string of the molecule is Cc1ccc(NC(=O)OCC(F)(F)F)cc1I. The van der Waals surface area contributed by atoms with Crippen LogP contribution in [0.5, 0.6) is 0 Å². The molecule has 94 valence electrons. The smallest absolute Gasteiger partial charge is 0.422 e. The van der Waals surface area contributed by atoms with Gasteiger partial charge in [-0.1, -0.05) is 6.07 Å². The Bertz CT molecular complexity index is 421. The van der Waals surface area contributed by atoms with Gasteiger partial charge < -0.3 is 4.74 Å². The first-order valence-electron chi connectivity index (χ1n) is 4.54. The van der Waals surface area contributed by atoms with Gasteiger partial charge in [-0.25, -0.2) is 4.79 Å². The van der Waals surface area contributed by atoms with Crippen LogP contribution in [0.15, 0.2) is 18.2 Å². The summed E-state index contributed by atoms with van der Waals surface area (Å²) in [6.07, 6.45) is -5.64. The third-order valence-electron chi connectivity index (χ3n) is 1.79. The van der Waals surface area contributed by atoms with Gasteiger partial charge in [0.1, 0.15) is 0 Å². The third-order valence-corrected chi connectivity index (χ3v) is 2.95. The van der Waals surface area contributed by atoms with Gasteiger partial charge in [0.2, 0.25) is 0 Å². The summed E-state index contributed by atoms with van der Waals surface area (Å²) in [6, 6.07) is 4.98. The van der Waals surface area contributed by atoms with Crippen LogP contribution in [0.1, 0.15) is 5.56 Å². The number of aryl methyl sites for hydroxylation is 1. The van der Waals surface area contributed by atoms with Gasteiger partial charge in [0.15, 0.2) is 6.61 Å². The predicted octanol–water partition coefficient (Wildman–Crippen LogP) is 3.71. The van der Waals surface area contributed by atoms with E-state index in [1.165, 1.54) is 0 Å². The second kappa shape index (κ2) is 5.56. The van der Waals surface area contributed by atoms with Crippen LogP contribution in [0, 0.1) is 10.5 Å². The number of halogens is 4. The van der Waals surface area contributed by atoms with E-state index in [0.717, 1.165) is 9.13 Å². The molecule has 0 unspecified atom stereocenters. The molecule has 0 fully saturated rings. The molecule has 0 saturated carbocycles. The topological polar surface area (TPSA) is 38.3 Å². The van der Waals surface area contributed by atoms with Crippen LogP contribution < -0.4 is 5.32 Å². The molecule has 0 atom stereocenters. The molecular weight excluding hydrogens is 350 g/mol. The maximum atomic E-state index is 11.8. The minimum absolute atomic E-state index is 0.396. The van der Waals surface area contributed by atoms with Crippen molar-refractivity contribution in [2.24, 2.45) is 0 Å². The molecule has 17 heavy (non-hydrogen) atoms. The van der Waals surface area contributed by atoms with E-state index in [2.05, 4.69) is 32.6 Å².